The Morgan fingerprint density at radius 2 is 1.45 bits per heavy atom. The number of likely N-dealkylation sites (N-methyl/N-ethyl adjacent to an activating group) is 1. The molecule has 20 heavy (non-hydrogen) atoms. The molecule has 0 aliphatic carbocycles. The summed E-state index contributed by atoms with van der Waals surface area (Å²) >= 11 is 0. The number of nitrogens with zero attached hydrogens (tertiary/aromatic N) is 1. The molecule has 0 aromatic heterocycles. The van der Waals surface area contributed by atoms with E-state index in [0.717, 1.165) is 11.0 Å². The van der Waals surface area contributed by atoms with Crippen LogP contribution in [0.1, 0.15) is 0 Å². The Bertz CT molecular complexity index is 237. The monoisotopic (exact) mass is 319 g/mol. The summed E-state index contributed by atoms with van der Waals surface area (Å²) in [5.41, 5.74) is 0. The first-order chi connectivity index (χ1) is 8.60. The smallest absolute Gasteiger partial charge is 0.151 e. The zero-order valence-electron chi connectivity index (χ0n) is 11.9. The fourth-order valence-electron chi connectivity index (χ4n) is 0.918. The minimum Gasteiger partial charge on any atom is -1.00 e. The molecule has 0 aliphatic heterocycles. The zero-order valence-corrected chi connectivity index (χ0v) is 12.7. The molecule has 9 heteroatoms. The van der Waals surface area contributed by atoms with Gasteiger partial charge in [-0.3, -0.25) is 0 Å². The summed E-state index contributed by atoms with van der Waals surface area (Å²) in [6.45, 7) is 0.354. The van der Waals surface area contributed by atoms with E-state index in [1.54, 1.807) is 0 Å². The first-order valence-electron chi connectivity index (χ1n) is 5.80. The third-order valence-corrected chi connectivity index (χ3v) is 2.19. The zero-order chi connectivity index (χ0) is 15.6. The highest BCUT2D eigenvalue weighted by atomic mass is 35.5. The van der Waals surface area contributed by atoms with Gasteiger partial charge in [0.1, 0.15) is 31.0 Å². The lowest BCUT2D eigenvalue weighted by molar-refractivity contribution is -0.870. The normalized spacial score (nSPS) is 16.9. The highest BCUT2D eigenvalue weighted by Gasteiger charge is 2.29. The molecular formula is C11H26ClNO7. The second kappa shape index (κ2) is 12.4. The van der Waals surface area contributed by atoms with Gasteiger partial charge in [0.05, 0.1) is 34.4 Å². The largest absolute Gasteiger partial charge is 1.00 e. The van der Waals surface area contributed by atoms with Crippen LogP contribution in [-0.4, -0.2) is 107 Å². The summed E-state index contributed by atoms with van der Waals surface area (Å²) in [4.78, 5) is 9.90. The lowest BCUT2D eigenvalue weighted by atomic mass is 10.0. The molecule has 0 spiro atoms. The standard InChI is InChI=1S/C6H12O6.C5H14NO.ClH/c7-1-3(9)5(11)6(12)4(10)2-8;1-6(2,3)4-5-7;/h1,3-6,8-12H,2H2;7H,4-5H2,1-3H3;1H/q;+1;/p-1/t3-,4-,5-,6-;;/m1../s1. The van der Waals surface area contributed by atoms with Gasteiger partial charge >= 0.3 is 0 Å². The van der Waals surface area contributed by atoms with Gasteiger partial charge in [-0.2, -0.15) is 0 Å². The molecule has 0 unspecified atom stereocenters. The number of rotatable bonds is 7. The molecule has 0 saturated heterocycles. The summed E-state index contributed by atoms with van der Waals surface area (Å²) in [5.74, 6) is 0. The molecule has 0 amide bonds. The predicted octanol–water partition coefficient (Wildman–Crippen LogP) is -6.69. The molecule has 0 saturated carbocycles. The fourth-order valence-corrected chi connectivity index (χ4v) is 0.918. The van der Waals surface area contributed by atoms with Crippen LogP contribution in [0.15, 0.2) is 0 Å². The van der Waals surface area contributed by atoms with E-state index in [1.807, 2.05) is 0 Å². The van der Waals surface area contributed by atoms with Crippen LogP contribution in [0.4, 0.5) is 0 Å². The summed E-state index contributed by atoms with van der Waals surface area (Å²) < 4.78 is 0.844. The maximum Gasteiger partial charge on any atom is 0.151 e. The fraction of sp³-hybridized carbons (Fsp3) is 0.909. The second-order valence-electron chi connectivity index (χ2n) is 5.10. The van der Waals surface area contributed by atoms with Crippen LogP contribution >= 0.6 is 0 Å². The summed E-state index contributed by atoms with van der Waals surface area (Å²) in [5, 5.41) is 51.9. The van der Waals surface area contributed by atoms with E-state index in [9.17, 15) is 4.79 Å². The van der Waals surface area contributed by atoms with E-state index in [-0.39, 0.29) is 25.3 Å². The van der Waals surface area contributed by atoms with Gasteiger partial charge in [0.25, 0.3) is 0 Å². The van der Waals surface area contributed by atoms with Crippen LogP contribution in [-0.2, 0) is 4.79 Å². The number of aliphatic hydroxyl groups is 6. The third-order valence-electron chi connectivity index (χ3n) is 2.19. The minimum absolute atomic E-state index is 0. The average Bonchev–Trinajstić information content (AvgIpc) is 2.34. The molecule has 0 heterocycles. The summed E-state index contributed by atoms with van der Waals surface area (Å²) in [7, 11) is 6.16. The number of aldehydes is 1. The predicted molar refractivity (Wildman–Crippen MR) is 67.2 cm³/mol. The average molecular weight is 320 g/mol. The first-order valence-corrected chi connectivity index (χ1v) is 5.80. The van der Waals surface area contributed by atoms with Crippen molar-refractivity contribution < 1.29 is 52.3 Å². The second-order valence-corrected chi connectivity index (χ2v) is 5.10. The van der Waals surface area contributed by atoms with Crippen molar-refractivity contribution in [3.63, 3.8) is 0 Å². The van der Waals surface area contributed by atoms with Gasteiger partial charge < -0.3 is 52.3 Å². The van der Waals surface area contributed by atoms with Gasteiger partial charge in [-0.15, -0.1) is 0 Å². The Morgan fingerprint density at radius 1 is 1.00 bits per heavy atom. The molecular weight excluding hydrogens is 294 g/mol. The topological polar surface area (TPSA) is 138 Å². The van der Waals surface area contributed by atoms with Gasteiger partial charge in [-0.1, -0.05) is 0 Å². The molecule has 0 bridgehead atoms. The van der Waals surface area contributed by atoms with Gasteiger partial charge in [-0.05, 0) is 0 Å². The van der Waals surface area contributed by atoms with Crippen molar-refractivity contribution in [1.82, 2.24) is 0 Å². The maximum atomic E-state index is 9.90. The molecule has 0 rings (SSSR count). The van der Waals surface area contributed by atoms with Crippen molar-refractivity contribution in [2.45, 2.75) is 24.4 Å². The van der Waals surface area contributed by atoms with E-state index >= 15 is 0 Å². The Labute approximate surface area is 124 Å². The van der Waals surface area contributed by atoms with Crippen molar-refractivity contribution in [3.8, 4) is 0 Å². The molecule has 6 N–H and O–H groups in total. The first kappa shape index (κ1) is 24.7. The lowest BCUT2D eigenvalue weighted by Crippen LogP contribution is -3.00. The van der Waals surface area contributed by atoms with Crippen molar-refractivity contribution in [2.24, 2.45) is 0 Å². The number of carbonyl (C=O) groups is 1. The summed E-state index contributed by atoms with van der Waals surface area (Å²) in [6, 6.07) is 0. The van der Waals surface area contributed by atoms with Gasteiger partial charge in [-0.25, -0.2) is 0 Å². The SMILES string of the molecule is C[N+](C)(C)CCO.O=C[C@@H](O)[C@@H](O)[C@H](O)[C@H](O)CO.[Cl-]. The Balaban J connectivity index is -0.000000312. The molecule has 8 nitrogen and oxygen atoms in total. The molecule has 0 aliphatic rings. The Hall–Kier alpha value is -0.320. The van der Waals surface area contributed by atoms with Gasteiger partial charge in [0.2, 0.25) is 0 Å². The van der Waals surface area contributed by atoms with E-state index in [1.165, 1.54) is 0 Å². The van der Waals surface area contributed by atoms with Crippen molar-refractivity contribution in [2.75, 3.05) is 40.9 Å². The highest BCUT2D eigenvalue weighted by molar-refractivity contribution is 5.56. The van der Waals surface area contributed by atoms with E-state index in [2.05, 4.69) is 21.1 Å². The quantitative estimate of drug-likeness (QED) is 0.202. The summed E-state index contributed by atoms with van der Waals surface area (Å²) in [6.07, 6.45) is -6.84. The highest BCUT2D eigenvalue weighted by Crippen LogP contribution is 2.02. The minimum atomic E-state index is -1.79. The van der Waals surface area contributed by atoms with Crippen LogP contribution in [0.25, 0.3) is 0 Å². The number of hydrogen-bond donors (Lipinski definition) is 6. The van der Waals surface area contributed by atoms with Crippen molar-refractivity contribution in [1.29, 1.82) is 0 Å². The number of quaternary nitrogens is 1. The molecule has 4 atom stereocenters. The van der Waals surface area contributed by atoms with Crippen LogP contribution in [0, 0.1) is 0 Å². The Kier molecular flexibility index (Phi) is 15.3. The molecule has 124 valence electrons. The number of carbonyl (C=O) groups excluding carboxylic acids is 1. The van der Waals surface area contributed by atoms with E-state index in [4.69, 9.17) is 30.6 Å². The maximum absolute atomic E-state index is 9.90. The van der Waals surface area contributed by atoms with Crippen LogP contribution in [0.5, 0.6) is 0 Å². The molecule has 0 aromatic carbocycles. The Morgan fingerprint density at radius 3 is 1.65 bits per heavy atom. The van der Waals surface area contributed by atoms with Crippen LogP contribution in [0.3, 0.4) is 0 Å². The molecule has 0 radical (unpaired) electrons. The van der Waals surface area contributed by atoms with Crippen LogP contribution in [0.2, 0.25) is 0 Å². The van der Waals surface area contributed by atoms with Crippen molar-refractivity contribution >= 4 is 6.29 Å². The van der Waals surface area contributed by atoms with E-state index < -0.39 is 31.0 Å². The van der Waals surface area contributed by atoms with Gasteiger partial charge in [0.15, 0.2) is 6.29 Å². The van der Waals surface area contributed by atoms with Crippen molar-refractivity contribution in [3.05, 3.63) is 0 Å². The number of halogens is 1. The lowest BCUT2D eigenvalue weighted by Gasteiger charge is -2.22. The number of hydrogen-bond acceptors (Lipinski definition) is 7. The van der Waals surface area contributed by atoms with Gasteiger partial charge in [0, 0.05) is 0 Å². The number of aliphatic hydroxyl groups excluding tert-OH is 6. The molecule has 0 aromatic rings. The van der Waals surface area contributed by atoms with E-state index in [0.29, 0.717) is 0 Å². The third kappa shape index (κ3) is 12.7. The van der Waals surface area contributed by atoms with Crippen LogP contribution < -0.4 is 12.4 Å². The molecule has 0 fully saturated rings.